The maximum absolute atomic E-state index is 12.3. The van der Waals surface area contributed by atoms with Gasteiger partial charge >= 0.3 is 0 Å². The summed E-state index contributed by atoms with van der Waals surface area (Å²) in [4.78, 5) is 16.5. The minimum absolute atomic E-state index is 0.185. The molecule has 1 amide bonds. The normalized spacial score (nSPS) is 9.92. The van der Waals surface area contributed by atoms with Gasteiger partial charge in [0.25, 0.3) is 5.91 Å². The van der Waals surface area contributed by atoms with Crippen LogP contribution in [0, 0.1) is 18.8 Å². The van der Waals surface area contributed by atoms with E-state index in [1.807, 2.05) is 49.4 Å². The number of nitrogens with one attached hydrogen (secondary N) is 1. The third-order valence-corrected chi connectivity index (χ3v) is 3.60. The van der Waals surface area contributed by atoms with E-state index in [-0.39, 0.29) is 5.91 Å². The van der Waals surface area contributed by atoms with Gasteiger partial charge in [-0.25, -0.2) is 4.98 Å². The molecule has 2 aromatic heterocycles. The monoisotopic (exact) mass is 316 g/mol. The Labute approximate surface area is 140 Å². The molecule has 0 aliphatic carbocycles. The van der Waals surface area contributed by atoms with E-state index < -0.39 is 0 Å². The molecule has 0 bridgehead atoms. The molecule has 24 heavy (non-hydrogen) atoms. The van der Waals surface area contributed by atoms with E-state index in [2.05, 4.69) is 27.2 Å². The van der Waals surface area contributed by atoms with Crippen LogP contribution >= 0.6 is 0 Å². The number of aromatic nitrogens is 3. The molecule has 3 rings (SSSR count). The summed E-state index contributed by atoms with van der Waals surface area (Å²) in [5.74, 6) is 5.86. The van der Waals surface area contributed by atoms with E-state index in [9.17, 15) is 4.79 Å². The van der Waals surface area contributed by atoms with Crippen molar-refractivity contribution in [1.82, 2.24) is 14.8 Å². The van der Waals surface area contributed by atoms with E-state index in [4.69, 9.17) is 0 Å². The first kappa shape index (κ1) is 15.5. The van der Waals surface area contributed by atoms with Gasteiger partial charge in [0.15, 0.2) is 0 Å². The Morgan fingerprint density at radius 1 is 1.17 bits per heavy atom. The Bertz CT molecular complexity index is 933. The van der Waals surface area contributed by atoms with Crippen molar-refractivity contribution < 1.29 is 4.79 Å². The molecule has 5 nitrogen and oxygen atoms in total. The fourth-order valence-corrected chi connectivity index (χ4v) is 2.17. The number of amides is 1. The zero-order valence-electron chi connectivity index (χ0n) is 13.4. The Hall–Kier alpha value is -3.39. The number of aryl methyl sites for hydroxylation is 1. The lowest BCUT2D eigenvalue weighted by molar-refractivity contribution is 0.102. The lowest BCUT2D eigenvalue weighted by Gasteiger charge is -2.05. The average molecular weight is 316 g/mol. The summed E-state index contributed by atoms with van der Waals surface area (Å²) in [6.45, 7) is 1.86. The number of carbonyl (C=O) groups is 1. The largest absolute Gasteiger partial charge is 0.322 e. The van der Waals surface area contributed by atoms with Crippen molar-refractivity contribution in [3.05, 3.63) is 77.4 Å². The molecule has 3 aromatic rings. The van der Waals surface area contributed by atoms with Crippen molar-refractivity contribution in [3.8, 4) is 11.8 Å². The predicted molar refractivity (Wildman–Crippen MR) is 92.6 cm³/mol. The molecule has 0 aliphatic heterocycles. The number of nitrogens with zero attached hydrogens (tertiary/aromatic N) is 3. The first-order valence-corrected chi connectivity index (χ1v) is 7.46. The number of hydrogen-bond acceptors (Lipinski definition) is 3. The average Bonchev–Trinajstić information content (AvgIpc) is 2.94. The van der Waals surface area contributed by atoms with Crippen LogP contribution < -0.4 is 5.32 Å². The van der Waals surface area contributed by atoms with Crippen LogP contribution in [0.3, 0.4) is 0 Å². The van der Waals surface area contributed by atoms with Crippen LogP contribution in [0.1, 0.15) is 27.3 Å². The highest BCUT2D eigenvalue weighted by Crippen LogP contribution is 2.13. The van der Waals surface area contributed by atoms with Crippen molar-refractivity contribution in [2.45, 2.75) is 6.92 Å². The van der Waals surface area contributed by atoms with Gasteiger partial charge in [0.1, 0.15) is 5.69 Å². The molecule has 1 aromatic carbocycles. The number of rotatable bonds is 2. The second-order valence-electron chi connectivity index (χ2n) is 5.27. The molecule has 0 aliphatic rings. The van der Waals surface area contributed by atoms with Crippen LogP contribution in [0.4, 0.5) is 5.69 Å². The summed E-state index contributed by atoms with van der Waals surface area (Å²) in [6, 6.07) is 13.0. The number of hydrogen-bond donors (Lipinski definition) is 1. The van der Waals surface area contributed by atoms with Gasteiger partial charge in [-0.3, -0.25) is 9.48 Å². The summed E-state index contributed by atoms with van der Waals surface area (Å²) in [7, 11) is 1.81. The lowest BCUT2D eigenvalue weighted by Crippen LogP contribution is -2.13. The van der Waals surface area contributed by atoms with Crippen molar-refractivity contribution in [2.24, 2.45) is 7.05 Å². The van der Waals surface area contributed by atoms with Crippen LogP contribution in [0.15, 0.2) is 54.9 Å². The highest BCUT2D eigenvalue weighted by molar-refractivity contribution is 6.04. The summed E-state index contributed by atoms with van der Waals surface area (Å²) in [5.41, 5.74) is 3.58. The number of anilines is 1. The zero-order chi connectivity index (χ0) is 16.9. The topological polar surface area (TPSA) is 59.8 Å². The molecule has 118 valence electrons. The van der Waals surface area contributed by atoms with E-state index in [0.717, 1.165) is 11.3 Å². The Morgan fingerprint density at radius 2 is 2.04 bits per heavy atom. The summed E-state index contributed by atoms with van der Waals surface area (Å²) in [5, 5.41) is 6.96. The first-order valence-electron chi connectivity index (χ1n) is 7.46. The van der Waals surface area contributed by atoms with Gasteiger partial charge in [-0.2, -0.15) is 5.10 Å². The maximum atomic E-state index is 12.3. The molecule has 0 saturated carbocycles. The van der Waals surface area contributed by atoms with Gasteiger partial charge < -0.3 is 5.32 Å². The molecule has 0 spiro atoms. The van der Waals surface area contributed by atoms with E-state index in [1.165, 1.54) is 0 Å². The number of carbonyl (C=O) groups excluding carboxylic acids is 1. The smallest absolute Gasteiger partial charge is 0.259 e. The quantitative estimate of drug-likeness (QED) is 0.740. The zero-order valence-corrected chi connectivity index (χ0v) is 13.4. The van der Waals surface area contributed by atoms with Gasteiger partial charge in [-0.05, 0) is 43.2 Å². The SMILES string of the molecule is Cc1c(C(=O)Nc2cccc(C#Cc3ccccn3)c2)cnn1C. The lowest BCUT2D eigenvalue weighted by atomic mass is 10.2. The predicted octanol–water partition coefficient (Wildman–Crippen LogP) is 2.78. The fourth-order valence-electron chi connectivity index (χ4n) is 2.17. The molecule has 0 radical (unpaired) electrons. The molecule has 1 N–H and O–H groups in total. The van der Waals surface area contributed by atoms with Crippen LogP contribution in [0.2, 0.25) is 0 Å². The Morgan fingerprint density at radius 3 is 2.75 bits per heavy atom. The van der Waals surface area contributed by atoms with Crippen LogP contribution in [-0.2, 0) is 7.05 Å². The van der Waals surface area contributed by atoms with Crippen molar-refractivity contribution >= 4 is 11.6 Å². The van der Waals surface area contributed by atoms with E-state index >= 15 is 0 Å². The second-order valence-corrected chi connectivity index (χ2v) is 5.27. The van der Waals surface area contributed by atoms with E-state index in [0.29, 0.717) is 16.9 Å². The fraction of sp³-hybridized carbons (Fsp3) is 0.105. The van der Waals surface area contributed by atoms with E-state index in [1.54, 1.807) is 24.1 Å². The highest BCUT2D eigenvalue weighted by atomic mass is 16.1. The van der Waals surface area contributed by atoms with Gasteiger partial charge in [0, 0.05) is 30.2 Å². The van der Waals surface area contributed by atoms with Gasteiger partial charge in [-0.15, -0.1) is 0 Å². The minimum atomic E-state index is -0.185. The van der Waals surface area contributed by atoms with Crippen LogP contribution in [0.5, 0.6) is 0 Å². The summed E-state index contributed by atoms with van der Waals surface area (Å²) < 4.78 is 1.67. The molecular formula is C19H16N4O. The molecule has 0 fully saturated rings. The minimum Gasteiger partial charge on any atom is -0.322 e. The Kier molecular flexibility index (Phi) is 4.39. The molecule has 2 heterocycles. The number of benzene rings is 1. The number of pyridine rings is 1. The third kappa shape index (κ3) is 3.50. The maximum Gasteiger partial charge on any atom is 0.259 e. The first-order chi connectivity index (χ1) is 11.6. The van der Waals surface area contributed by atoms with Crippen molar-refractivity contribution in [3.63, 3.8) is 0 Å². The second kappa shape index (κ2) is 6.80. The standard InChI is InChI=1S/C19H16N4O/c1-14-18(13-21-23(14)2)19(24)22-17-8-5-6-15(12-17)9-10-16-7-3-4-11-20-16/h3-8,11-13H,1-2H3,(H,22,24). The van der Waals surface area contributed by atoms with Crippen molar-refractivity contribution in [2.75, 3.05) is 5.32 Å². The molecule has 0 atom stereocenters. The summed E-state index contributed by atoms with van der Waals surface area (Å²) >= 11 is 0. The molecular weight excluding hydrogens is 300 g/mol. The molecule has 5 heteroatoms. The molecule has 0 saturated heterocycles. The van der Waals surface area contributed by atoms with Gasteiger partial charge in [-0.1, -0.05) is 18.1 Å². The van der Waals surface area contributed by atoms with Crippen LogP contribution in [-0.4, -0.2) is 20.7 Å². The third-order valence-electron chi connectivity index (χ3n) is 3.60. The molecule has 0 unspecified atom stereocenters. The summed E-state index contributed by atoms with van der Waals surface area (Å²) in [6.07, 6.45) is 3.27. The van der Waals surface area contributed by atoms with Gasteiger partial charge in [0.2, 0.25) is 0 Å². The highest BCUT2D eigenvalue weighted by Gasteiger charge is 2.12. The Balaban J connectivity index is 1.77. The van der Waals surface area contributed by atoms with Crippen LogP contribution in [0.25, 0.3) is 0 Å². The van der Waals surface area contributed by atoms with Gasteiger partial charge in [0.05, 0.1) is 11.8 Å². The van der Waals surface area contributed by atoms with Crippen molar-refractivity contribution in [1.29, 1.82) is 0 Å².